The lowest BCUT2D eigenvalue weighted by atomic mass is 10.3. The van der Waals surface area contributed by atoms with E-state index in [0.29, 0.717) is 5.56 Å². The van der Waals surface area contributed by atoms with Gasteiger partial charge in [-0.25, -0.2) is 4.39 Å². The lowest BCUT2D eigenvalue weighted by Gasteiger charge is -1.85. The Hall–Kier alpha value is -1.38. The lowest BCUT2D eigenvalue weighted by molar-refractivity contribution is 0.761. The SMILES string of the molecule is N=C/C=C(\F)c1cc[nH]c1. The molecule has 2 nitrogen and oxygen atoms in total. The Kier molecular flexibility index (Phi) is 1.99. The summed E-state index contributed by atoms with van der Waals surface area (Å²) in [7, 11) is 0. The zero-order valence-electron chi connectivity index (χ0n) is 5.26. The zero-order chi connectivity index (χ0) is 7.40. The van der Waals surface area contributed by atoms with E-state index in [-0.39, 0.29) is 0 Å². The molecule has 10 heavy (non-hydrogen) atoms. The van der Waals surface area contributed by atoms with Crippen LogP contribution in [0.5, 0.6) is 0 Å². The van der Waals surface area contributed by atoms with Gasteiger partial charge < -0.3 is 10.4 Å². The third-order valence-electron chi connectivity index (χ3n) is 1.10. The van der Waals surface area contributed by atoms with Gasteiger partial charge in [0.2, 0.25) is 0 Å². The monoisotopic (exact) mass is 138 g/mol. The van der Waals surface area contributed by atoms with Gasteiger partial charge in [0.25, 0.3) is 0 Å². The van der Waals surface area contributed by atoms with Crippen molar-refractivity contribution >= 4 is 12.0 Å². The van der Waals surface area contributed by atoms with Gasteiger partial charge in [-0.05, 0) is 12.1 Å². The average molecular weight is 138 g/mol. The maximum absolute atomic E-state index is 12.7. The third kappa shape index (κ3) is 1.31. The van der Waals surface area contributed by atoms with Crippen LogP contribution in [0.4, 0.5) is 4.39 Å². The minimum Gasteiger partial charge on any atom is -0.367 e. The molecule has 0 aliphatic carbocycles. The molecule has 0 saturated carbocycles. The molecular formula is C7H7FN2. The molecule has 3 heteroatoms. The van der Waals surface area contributed by atoms with E-state index in [1.165, 1.54) is 6.20 Å². The largest absolute Gasteiger partial charge is 0.367 e. The van der Waals surface area contributed by atoms with Gasteiger partial charge in [0, 0.05) is 24.2 Å². The Morgan fingerprint density at radius 1 is 1.70 bits per heavy atom. The minimum absolute atomic E-state index is 0.392. The fraction of sp³-hybridized carbons (Fsp3) is 0. The van der Waals surface area contributed by atoms with Crippen LogP contribution in [0.25, 0.3) is 5.83 Å². The summed E-state index contributed by atoms with van der Waals surface area (Å²) in [6.45, 7) is 0. The molecule has 0 amide bonds. The van der Waals surface area contributed by atoms with E-state index in [1.807, 2.05) is 0 Å². The summed E-state index contributed by atoms with van der Waals surface area (Å²) in [5.74, 6) is -0.392. The number of hydrogen-bond donors (Lipinski definition) is 2. The van der Waals surface area contributed by atoms with Crippen LogP contribution in [-0.2, 0) is 0 Å². The summed E-state index contributed by atoms with van der Waals surface area (Å²) in [6, 6.07) is 1.61. The van der Waals surface area contributed by atoms with Gasteiger partial charge in [-0.3, -0.25) is 0 Å². The molecule has 0 unspecified atom stereocenters. The van der Waals surface area contributed by atoms with Gasteiger partial charge in [0.1, 0.15) is 5.83 Å². The first-order chi connectivity index (χ1) is 4.84. The molecule has 0 atom stereocenters. The lowest BCUT2D eigenvalue weighted by Crippen LogP contribution is -1.71. The molecule has 0 aliphatic heterocycles. The van der Waals surface area contributed by atoms with Crippen molar-refractivity contribution in [3.63, 3.8) is 0 Å². The van der Waals surface area contributed by atoms with Crippen LogP contribution in [0.15, 0.2) is 24.5 Å². The second kappa shape index (κ2) is 2.96. The molecule has 52 valence electrons. The van der Waals surface area contributed by atoms with E-state index >= 15 is 0 Å². The second-order valence-corrected chi connectivity index (χ2v) is 1.78. The fourth-order valence-electron chi connectivity index (χ4n) is 0.642. The molecule has 1 heterocycles. The van der Waals surface area contributed by atoms with Crippen molar-refractivity contribution in [2.75, 3.05) is 0 Å². The summed E-state index contributed by atoms with van der Waals surface area (Å²) in [6.07, 6.45) is 5.19. The van der Waals surface area contributed by atoms with Crippen molar-refractivity contribution in [3.8, 4) is 0 Å². The van der Waals surface area contributed by atoms with Gasteiger partial charge in [-0.15, -0.1) is 0 Å². The van der Waals surface area contributed by atoms with E-state index in [4.69, 9.17) is 5.41 Å². The summed E-state index contributed by atoms with van der Waals surface area (Å²) >= 11 is 0. The predicted octanol–water partition coefficient (Wildman–Crippen LogP) is 1.97. The Morgan fingerprint density at radius 2 is 2.50 bits per heavy atom. The van der Waals surface area contributed by atoms with Crippen LogP contribution >= 0.6 is 0 Å². The Bertz CT molecular complexity index is 236. The highest BCUT2D eigenvalue weighted by Crippen LogP contribution is 2.12. The Morgan fingerprint density at radius 3 is 3.00 bits per heavy atom. The third-order valence-corrected chi connectivity index (χ3v) is 1.10. The standard InChI is InChI=1S/C7H7FN2/c8-7(1-3-9)6-2-4-10-5-6/h1-5,9-10H/b7-1-,9-3?. The maximum atomic E-state index is 12.7. The quantitative estimate of drug-likeness (QED) is 0.586. The first kappa shape index (κ1) is 6.74. The Labute approximate surface area is 57.9 Å². The fourth-order valence-corrected chi connectivity index (χ4v) is 0.642. The maximum Gasteiger partial charge on any atom is 0.133 e. The number of aromatic amines is 1. The van der Waals surface area contributed by atoms with Crippen molar-refractivity contribution < 1.29 is 4.39 Å². The zero-order valence-corrected chi connectivity index (χ0v) is 5.26. The van der Waals surface area contributed by atoms with Crippen LogP contribution in [0, 0.1) is 5.41 Å². The number of nitrogens with one attached hydrogen (secondary N) is 2. The molecule has 1 aromatic rings. The highest BCUT2D eigenvalue weighted by Gasteiger charge is 1.96. The first-order valence-electron chi connectivity index (χ1n) is 2.84. The molecule has 0 fully saturated rings. The molecule has 0 spiro atoms. The number of rotatable bonds is 2. The van der Waals surface area contributed by atoms with E-state index < -0.39 is 5.83 Å². The molecule has 0 aliphatic rings. The summed E-state index contributed by atoms with van der Waals surface area (Å²) in [5.41, 5.74) is 0.475. The molecule has 1 rings (SSSR count). The summed E-state index contributed by atoms with van der Waals surface area (Å²) in [5, 5.41) is 6.58. The molecule has 0 radical (unpaired) electrons. The Balaban J connectivity index is 2.86. The molecular weight excluding hydrogens is 131 g/mol. The van der Waals surface area contributed by atoms with E-state index in [1.54, 1.807) is 12.3 Å². The van der Waals surface area contributed by atoms with Gasteiger partial charge in [0.15, 0.2) is 0 Å². The topological polar surface area (TPSA) is 39.6 Å². The molecule has 0 bridgehead atoms. The van der Waals surface area contributed by atoms with Gasteiger partial charge in [-0.2, -0.15) is 0 Å². The minimum atomic E-state index is -0.392. The predicted molar refractivity (Wildman–Crippen MR) is 38.7 cm³/mol. The summed E-state index contributed by atoms with van der Waals surface area (Å²) < 4.78 is 12.7. The highest BCUT2D eigenvalue weighted by atomic mass is 19.1. The number of halogens is 1. The molecule has 0 aromatic carbocycles. The average Bonchev–Trinajstić information content (AvgIpc) is 2.38. The number of hydrogen-bond acceptors (Lipinski definition) is 1. The van der Waals surface area contributed by atoms with E-state index in [2.05, 4.69) is 4.98 Å². The number of H-pyrrole nitrogens is 1. The normalized spacial score (nSPS) is 11.5. The summed E-state index contributed by atoms with van der Waals surface area (Å²) in [4.78, 5) is 2.71. The highest BCUT2D eigenvalue weighted by molar-refractivity contribution is 5.79. The second-order valence-electron chi connectivity index (χ2n) is 1.78. The first-order valence-corrected chi connectivity index (χ1v) is 2.84. The van der Waals surface area contributed by atoms with E-state index in [9.17, 15) is 4.39 Å². The van der Waals surface area contributed by atoms with Crippen molar-refractivity contribution in [1.29, 1.82) is 5.41 Å². The van der Waals surface area contributed by atoms with Crippen molar-refractivity contribution in [2.45, 2.75) is 0 Å². The van der Waals surface area contributed by atoms with Crippen LogP contribution in [0.3, 0.4) is 0 Å². The van der Waals surface area contributed by atoms with E-state index in [0.717, 1.165) is 12.3 Å². The van der Waals surface area contributed by atoms with Crippen LogP contribution in [0.2, 0.25) is 0 Å². The van der Waals surface area contributed by atoms with Crippen LogP contribution in [0.1, 0.15) is 5.56 Å². The van der Waals surface area contributed by atoms with Gasteiger partial charge in [0.05, 0.1) is 0 Å². The van der Waals surface area contributed by atoms with Crippen LogP contribution in [-0.4, -0.2) is 11.2 Å². The van der Waals surface area contributed by atoms with Crippen LogP contribution < -0.4 is 0 Å². The van der Waals surface area contributed by atoms with Crippen molar-refractivity contribution in [1.82, 2.24) is 4.98 Å². The molecule has 0 saturated heterocycles. The van der Waals surface area contributed by atoms with Crippen molar-refractivity contribution in [3.05, 3.63) is 30.1 Å². The van der Waals surface area contributed by atoms with Gasteiger partial charge >= 0.3 is 0 Å². The number of aromatic nitrogens is 1. The smallest absolute Gasteiger partial charge is 0.133 e. The van der Waals surface area contributed by atoms with Crippen molar-refractivity contribution in [2.24, 2.45) is 0 Å². The molecule has 2 N–H and O–H groups in total. The van der Waals surface area contributed by atoms with Gasteiger partial charge in [-0.1, -0.05) is 0 Å². The molecule has 1 aromatic heterocycles. The number of allylic oxidation sites excluding steroid dienone is 1.